The third kappa shape index (κ3) is 4.13. The van der Waals surface area contributed by atoms with E-state index in [4.69, 9.17) is 9.47 Å². The minimum Gasteiger partial charge on any atom is -0.497 e. The number of benzene rings is 2. The van der Waals surface area contributed by atoms with Gasteiger partial charge in [-0.05, 0) is 48.1 Å². The first-order valence-corrected chi connectivity index (χ1v) is 8.80. The molecule has 1 heterocycles. The highest BCUT2D eigenvalue weighted by atomic mass is 16.5. The first-order valence-electron chi connectivity index (χ1n) is 8.80. The Bertz CT molecular complexity index is 852. The lowest BCUT2D eigenvalue weighted by Gasteiger charge is -2.13. The van der Waals surface area contributed by atoms with Crippen LogP contribution in [-0.4, -0.2) is 23.5 Å². The molecule has 0 saturated carbocycles. The second-order valence-electron chi connectivity index (χ2n) is 6.70. The van der Waals surface area contributed by atoms with Crippen LogP contribution in [0.15, 0.2) is 42.6 Å². The number of rotatable bonds is 7. The molecule has 0 saturated heterocycles. The molecule has 0 aliphatic carbocycles. The Morgan fingerprint density at radius 3 is 2.68 bits per heavy atom. The van der Waals surface area contributed by atoms with Crippen LogP contribution in [0.3, 0.4) is 0 Å². The summed E-state index contributed by atoms with van der Waals surface area (Å²) >= 11 is 0. The molecular formula is C21H26N2O2. The van der Waals surface area contributed by atoms with E-state index < -0.39 is 0 Å². The van der Waals surface area contributed by atoms with Crippen molar-refractivity contribution in [3.05, 3.63) is 53.7 Å². The Labute approximate surface area is 149 Å². The predicted octanol–water partition coefficient (Wildman–Crippen LogP) is 4.72. The van der Waals surface area contributed by atoms with E-state index in [2.05, 4.69) is 55.5 Å². The molecule has 0 aliphatic heterocycles. The highest BCUT2D eigenvalue weighted by Crippen LogP contribution is 2.27. The Kier molecular flexibility index (Phi) is 5.27. The lowest BCUT2D eigenvalue weighted by Crippen LogP contribution is -2.01. The fraction of sp³-hybridized carbons (Fsp3) is 0.381. The third-order valence-corrected chi connectivity index (χ3v) is 4.42. The Morgan fingerprint density at radius 1 is 1.12 bits per heavy atom. The molecule has 0 amide bonds. The van der Waals surface area contributed by atoms with E-state index in [-0.39, 0.29) is 0 Å². The van der Waals surface area contributed by atoms with Crippen LogP contribution in [0.2, 0.25) is 0 Å². The summed E-state index contributed by atoms with van der Waals surface area (Å²) in [5.74, 6) is 2.17. The zero-order chi connectivity index (χ0) is 17.8. The van der Waals surface area contributed by atoms with Crippen molar-refractivity contribution in [1.29, 1.82) is 0 Å². The second kappa shape index (κ2) is 7.60. The van der Waals surface area contributed by atoms with Crippen molar-refractivity contribution in [2.45, 2.75) is 32.6 Å². The van der Waals surface area contributed by atoms with Crippen molar-refractivity contribution in [2.24, 2.45) is 7.05 Å². The molecule has 4 heteroatoms. The van der Waals surface area contributed by atoms with Gasteiger partial charge in [0, 0.05) is 24.7 Å². The molecular weight excluding hydrogens is 312 g/mol. The summed E-state index contributed by atoms with van der Waals surface area (Å²) in [6, 6.07) is 12.4. The lowest BCUT2D eigenvalue weighted by atomic mass is 10.0. The van der Waals surface area contributed by atoms with Gasteiger partial charge in [-0.2, -0.15) is 5.10 Å². The summed E-state index contributed by atoms with van der Waals surface area (Å²) in [6.07, 6.45) is 4.02. The van der Waals surface area contributed by atoms with Crippen molar-refractivity contribution < 1.29 is 9.47 Å². The number of fused-ring (bicyclic) bond motifs is 1. The highest BCUT2D eigenvalue weighted by Gasteiger charge is 2.07. The molecule has 0 spiro atoms. The fourth-order valence-corrected chi connectivity index (χ4v) is 3.02. The number of hydrogen-bond donors (Lipinski definition) is 0. The predicted molar refractivity (Wildman–Crippen MR) is 102 cm³/mol. The number of nitrogens with zero attached hydrogens (tertiary/aromatic N) is 2. The van der Waals surface area contributed by atoms with Gasteiger partial charge in [-0.15, -0.1) is 0 Å². The molecule has 2 aromatic carbocycles. The molecule has 1 aromatic heterocycles. The molecule has 0 unspecified atom stereocenters. The largest absolute Gasteiger partial charge is 0.497 e. The van der Waals surface area contributed by atoms with Crippen LogP contribution < -0.4 is 9.47 Å². The molecule has 0 atom stereocenters. The van der Waals surface area contributed by atoms with E-state index in [1.807, 2.05) is 17.8 Å². The van der Waals surface area contributed by atoms with E-state index in [0.29, 0.717) is 12.5 Å². The van der Waals surface area contributed by atoms with Gasteiger partial charge in [0.1, 0.15) is 11.5 Å². The molecule has 132 valence electrons. The van der Waals surface area contributed by atoms with Gasteiger partial charge in [-0.1, -0.05) is 26.0 Å². The quantitative estimate of drug-likeness (QED) is 0.585. The van der Waals surface area contributed by atoms with Crippen molar-refractivity contribution in [3.63, 3.8) is 0 Å². The first kappa shape index (κ1) is 17.3. The maximum absolute atomic E-state index is 5.98. The average molecular weight is 338 g/mol. The molecule has 0 bridgehead atoms. The smallest absolute Gasteiger partial charge is 0.123 e. The second-order valence-corrected chi connectivity index (χ2v) is 6.70. The minimum absolute atomic E-state index is 0.445. The van der Waals surface area contributed by atoms with Crippen molar-refractivity contribution in [2.75, 3.05) is 13.7 Å². The van der Waals surface area contributed by atoms with Gasteiger partial charge in [0.05, 0.1) is 19.2 Å². The molecule has 0 N–H and O–H groups in total. The SMILES string of the molecule is COc1cc(OCCCc2cccc3nn(C)cc23)cc(C(C)C)c1. The van der Waals surface area contributed by atoms with Crippen molar-refractivity contribution in [3.8, 4) is 11.5 Å². The summed E-state index contributed by atoms with van der Waals surface area (Å²) in [4.78, 5) is 0. The maximum atomic E-state index is 5.98. The van der Waals surface area contributed by atoms with E-state index in [1.165, 1.54) is 16.5 Å². The Morgan fingerprint density at radius 2 is 1.92 bits per heavy atom. The zero-order valence-electron chi connectivity index (χ0n) is 15.5. The van der Waals surface area contributed by atoms with Gasteiger partial charge in [0.25, 0.3) is 0 Å². The van der Waals surface area contributed by atoms with Crippen LogP contribution in [0.1, 0.15) is 37.3 Å². The van der Waals surface area contributed by atoms with E-state index >= 15 is 0 Å². The van der Waals surface area contributed by atoms with Gasteiger partial charge < -0.3 is 9.47 Å². The van der Waals surface area contributed by atoms with Gasteiger partial charge in [0.2, 0.25) is 0 Å². The van der Waals surface area contributed by atoms with E-state index in [1.54, 1.807) is 7.11 Å². The van der Waals surface area contributed by atoms with Crippen molar-refractivity contribution in [1.82, 2.24) is 9.78 Å². The van der Waals surface area contributed by atoms with Crippen LogP contribution in [-0.2, 0) is 13.5 Å². The molecule has 25 heavy (non-hydrogen) atoms. The fourth-order valence-electron chi connectivity index (χ4n) is 3.02. The Hall–Kier alpha value is -2.49. The maximum Gasteiger partial charge on any atom is 0.123 e. The normalized spacial score (nSPS) is 11.2. The molecule has 3 aromatic rings. The molecule has 4 nitrogen and oxygen atoms in total. The molecule has 0 aliphatic rings. The molecule has 3 rings (SSSR count). The van der Waals surface area contributed by atoms with Gasteiger partial charge in [0.15, 0.2) is 0 Å². The van der Waals surface area contributed by atoms with Crippen molar-refractivity contribution >= 4 is 10.9 Å². The standard InChI is InChI=1S/C21H26N2O2/c1-15(2)17-11-18(24-4)13-19(12-17)25-10-6-8-16-7-5-9-21-20(16)14-23(3)22-21/h5,7,9,11-15H,6,8,10H2,1-4H3. The molecule has 0 fully saturated rings. The topological polar surface area (TPSA) is 36.3 Å². The first-order chi connectivity index (χ1) is 12.1. The highest BCUT2D eigenvalue weighted by molar-refractivity contribution is 5.81. The molecule has 0 radical (unpaired) electrons. The zero-order valence-corrected chi connectivity index (χ0v) is 15.5. The average Bonchev–Trinajstić information content (AvgIpc) is 2.99. The third-order valence-electron chi connectivity index (χ3n) is 4.42. The van der Waals surface area contributed by atoms with Crippen LogP contribution in [0.25, 0.3) is 10.9 Å². The van der Waals surface area contributed by atoms with Crippen LogP contribution in [0.5, 0.6) is 11.5 Å². The summed E-state index contributed by atoms with van der Waals surface area (Å²) in [5.41, 5.74) is 3.60. The monoisotopic (exact) mass is 338 g/mol. The number of aromatic nitrogens is 2. The summed E-state index contributed by atoms with van der Waals surface area (Å²) in [7, 11) is 3.65. The lowest BCUT2D eigenvalue weighted by molar-refractivity contribution is 0.308. The summed E-state index contributed by atoms with van der Waals surface area (Å²) in [6.45, 7) is 5.03. The summed E-state index contributed by atoms with van der Waals surface area (Å²) in [5, 5.41) is 5.70. The van der Waals surface area contributed by atoms with Crippen LogP contribution in [0.4, 0.5) is 0 Å². The van der Waals surface area contributed by atoms with Gasteiger partial charge in [-0.25, -0.2) is 0 Å². The van der Waals surface area contributed by atoms with E-state index in [9.17, 15) is 0 Å². The number of hydrogen-bond acceptors (Lipinski definition) is 3. The van der Waals surface area contributed by atoms with Gasteiger partial charge in [-0.3, -0.25) is 4.68 Å². The minimum atomic E-state index is 0.445. The van der Waals surface area contributed by atoms with Gasteiger partial charge >= 0.3 is 0 Å². The Balaban J connectivity index is 1.62. The number of ether oxygens (including phenoxy) is 2. The summed E-state index contributed by atoms with van der Waals surface area (Å²) < 4.78 is 13.2. The van der Waals surface area contributed by atoms with E-state index in [0.717, 1.165) is 29.9 Å². The van der Waals surface area contributed by atoms with Crippen LogP contribution >= 0.6 is 0 Å². The number of methoxy groups -OCH3 is 1. The van der Waals surface area contributed by atoms with Crippen LogP contribution in [0, 0.1) is 0 Å². The number of aryl methyl sites for hydroxylation is 2.